The summed E-state index contributed by atoms with van der Waals surface area (Å²) < 4.78 is 27.9. The monoisotopic (exact) mass is 307 g/mol. The summed E-state index contributed by atoms with van der Waals surface area (Å²) in [6.45, 7) is 2.21. The van der Waals surface area contributed by atoms with Gasteiger partial charge >= 0.3 is 0 Å². The molecule has 0 N–H and O–H groups in total. The van der Waals surface area contributed by atoms with Gasteiger partial charge in [-0.15, -0.1) is 0 Å². The number of imidazole rings is 1. The maximum Gasteiger partial charge on any atom is 0.266 e. The number of pyridine rings is 1. The van der Waals surface area contributed by atoms with E-state index in [0.717, 1.165) is 5.56 Å². The Kier molecular flexibility index (Phi) is 3.59. The van der Waals surface area contributed by atoms with Crippen molar-refractivity contribution in [2.75, 3.05) is 0 Å². The van der Waals surface area contributed by atoms with Crippen molar-refractivity contribution in [1.29, 1.82) is 0 Å². The SMILES string of the molecule is Cc1cc(C(F)F)c2ncn(Cc3ccc(Cl)cc3)c2n1. The second-order valence-electron chi connectivity index (χ2n) is 4.82. The zero-order chi connectivity index (χ0) is 15.0. The largest absolute Gasteiger partial charge is 0.311 e. The lowest BCUT2D eigenvalue weighted by molar-refractivity contribution is 0.153. The number of aromatic nitrogens is 3. The van der Waals surface area contributed by atoms with E-state index in [-0.39, 0.29) is 11.1 Å². The number of hydrogen-bond donors (Lipinski definition) is 0. The lowest BCUT2D eigenvalue weighted by Gasteiger charge is -2.06. The maximum absolute atomic E-state index is 13.1. The van der Waals surface area contributed by atoms with Gasteiger partial charge in [0.2, 0.25) is 0 Å². The summed E-state index contributed by atoms with van der Waals surface area (Å²) in [5.74, 6) is 0. The number of halogens is 3. The second kappa shape index (κ2) is 5.41. The molecule has 0 aliphatic rings. The van der Waals surface area contributed by atoms with E-state index in [1.807, 2.05) is 12.1 Å². The predicted molar refractivity (Wildman–Crippen MR) is 77.8 cm³/mol. The second-order valence-corrected chi connectivity index (χ2v) is 5.26. The number of fused-ring (bicyclic) bond motifs is 1. The Bertz CT molecular complexity index is 781. The summed E-state index contributed by atoms with van der Waals surface area (Å²) in [5, 5.41) is 0.656. The van der Waals surface area contributed by atoms with Crippen LogP contribution in [0.15, 0.2) is 36.7 Å². The Hall–Kier alpha value is -2.01. The highest BCUT2D eigenvalue weighted by molar-refractivity contribution is 6.30. The van der Waals surface area contributed by atoms with E-state index in [0.29, 0.717) is 22.9 Å². The maximum atomic E-state index is 13.1. The number of rotatable bonds is 3. The van der Waals surface area contributed by atoms with Crippen LogP contribution in [-0.2, 0) is 6.54 Å². The lowest BCUT2D eigenvalue weighted by atomic mass is 10.2. The van der Waals surface area contributed by atoms with Crippen molar-refractivity contribution < 1.29 is 8.78 Å². The molecule has 0 aliphatic heterocycles. The molecule has 0 saturated carbocycles. The Labute approximate surface area is 125 Å². The highest BCUT2D eigenvalue weighted by Crippen LogP contribution is 2.27. The highest BCUT2D eigenvalue weighted by Gasteiger charge is 2.17. The van der Waals surface area contributed by atoms with Gasteiger partial charge in [0, 0.05) is 16.3 Å². The molecule has 0 aliphatic carbocycles. The molecule has 0 saturated heterocycles. The van der Waals surface area contributed by atoms with Gasteiger partial charge in [0.1, 0.15) is 5.52 Å². The molecule has 2 aromatic heterocycles. The third kappa shape index (κ3) is 2.74. The van der Waals surface area contributed by atoms with Crippen LogP contribution in [-0.4, -0.2) is 14.5 Å². The molecule has 3 rings (SSSR count). The Balaban J connectivity index is 2.05. The van der Waals surface area contributed by atoms with Crippen LogP contribution >= 0.6 is 11.6 Å². The number of nitrogens with zero attached hydrogens (tertiary/aromatic N) is 3. The van der Waals surface area contributed by atoms with Crippen LogP contribution in [0.25, 0.3) is 11.2 Å². The van der Waals surface area contributed by atoms with Crippen molar-refractivity contribution in [1.82, 2.24) is 14.5 Å². The van der Waals surface area contributed by atoms with E-state index >= 15 is 0 Å². The lowest BCUT2D eigenvalue weighted by Crippen LogP contribution is -2.01. The first-order valence-electron chi connectivity index (χ1n) is 6.39. The predicted octanol–water partition coefficient (Wildman–Crippen LogP) is 4.38. The zero-order valence-corrected chi connectivity index (χ0v) is 12.0. The summed E-state index contributed by atoms with van der Waals surface area (Å²) >= 11 is 5.85. The van der Waals surface area contributed by atoms with Crippen molar-refractivity contribution in [3.05, 3.63) is 58.5 Å². The van der Waals surface area contributed by atoms with Gasteiger partial charge in [0.05, 0.1) is 12.9 Å². The Morgan fingerprint density at radius 1 is 1.24 bits per heavy atom. The first-order chi connectivity index (χ1) is 10.0. The van der Waals surface area contributed by atoms with Crippen LogP contribution in [0.3, 0.4) is 0 Å². The molecular weight excluding hydrogens is 296 g/mol. The molecule has 0 spiro atoms. The third-order valence-corrected chi connectivity index (χ3v) is 3.48. The average Bonchev–Trinajstić information content (AvgIpc) is 2.83. The summed E-state index contributed by atoms with van der Waals surface area (Å²) in [6, 6.07) is 8.74. The molecule has 0 atom stereocenters. The van der Waals surface area contributed by atoms with Gasteiger partial charge in [-0.1, -0.05) is 23.7 Å². The quantitative estimate of drug-likeness (QED) is 0.719. The number of aryl methyl sites for hydroxylation is 1. The van der Waals surface area contributed by atoms with Crippen molar-refractivity contribution in [3.8, 4) is 0 Å². The van der Waals surface area contributed by atoms with Gasteiger partial charge in [-0.3, -0.25) is 0 Å². The van der Waals surface area contributed by atoms with E-state index in [9.17, 15) is 8.78 Å². The van der Waals surface area contributed by atoms with Crippen molar-refractivity contribution in [2.45, 2.75) is 19.9 Å². The molecular formula is C15H12ClF2N3. The van der Waals surface area contributed by atoms with Crippen LogP contribution in [0.2, 0.25) is 5.02 Å². The van der Waals surface area contributed by atoms with Crippen molar-refractivity contribution in [2.24, 2.45) is 0 Å². The molecule has 3 nitrogen and oxygen atoms in total. The fourth-order valence-corrected chi connectivity index (χ4v) is 2.38. The van der Waals surface area contributed by atoms with Gasteiger partial charge in [0.15, 0.2) is 5.65 Å². The molecule has 0 unspecified atom stereocenters. The highest BCUT2D eigenvalue weighted by atomic mass is 35.5. The first-order valence-corrected chi connectivity index (χ1v) is 6.77. The summed E-state index contributed by atoms with van der Waals surface area (Å²) in [4.78, 5) is 8.42. The minimum absolute atomic E-state index is 0.0765. The molecule has 3 aromatic rings. The molecule has 108 valence electrons. The minimum Gasteiger partial charge on any atom is -0.311 e. The fourth-order valence-electron chi connectivity index (χ4n) is 2.26. The molecule has 0 bridgehead atoms. The molecule has 0 fully saturated rings. The standard InChI is InChI=1S/C15H12ClF2N3/c1-9-6-12(14(17)18)13-15(20-9)21(8-19-13)7-10-2-4-11(16)5-3-10/h2-6,8,14H,7H2,1H3. The van der Waals surface area contributed by atoms with Gasteiger partial charge in [0.25, 0.3) is 6.43 Å². The summed E-state index contributed by atoms with van der Waals surface area (Å²) in [7, 11) is 0. The van der Waals surface area contributed by atoms with E-state index in [1.165, 1.54) is 12.4 Å². The van der Waals surface area contributed by atoms with Crippen molar-refractivity contribution >= 4 is 22.8 Å². The number of alkyl halides is 2. The normalized spacial score (nSPS) is 11.5. The van der Waals surface area contributed by atoms with Gasteiger partial charge in [-0.05, 0) is 30.7 Å². The molecule has 6 heteroatoms. The Morgan fingerprint density at radius 2 is 1.95 bits per heavy atom. The van der Waals surface area contributed by atoms with Crippen LogP contribution in [0, 0.1) is 6.92 Å². The van der Waals surface area contributed by atoms with Crippen molar-refractivity contribution in [3.63, 3.8) is 0 Å². The van der Waals surface area contributed by atoms with E-state index in [4.69, 9.17) is 11.6 Å². The van der Waals surface area contributed by atoms with E-state index in [1.54, 1.807) is 23.6 Å². The molecule has 0 radical (unpaired) electrons. The Morgan fingerprint density at radius 3 is 2.62 bits per heavy atom. The van der Waals surface area contributed by atoms with Crippen LogP contribution in [0.1, 0.15) is 23.2 Å². The summed E-state index contributed by atoms with van der Waals surface area (Å²) in [6.07, 6.45) is -1.02. The van der Waals surface area contributed by atoms with E-state index in [2.05, 4.69) is 9.97 Å². The summed E-state index contributed by atoms with van der Waals surface area (Å²) in [5.41, 5.74) is 2.20. The molecule has 1 aromatic carbocycles. The molecule has 21 heavy (non-hydrogen) atoms. The minimum atomic E-state index is -2.56. The molecule has 2 heterocycles. The number of benzene rings is 1. The van der Waals surface area contributed by atoms with Crippen LogP contribution in [0.4, 0.5) is 8.78 Å². The van der Waals surface area contributed by atoms with Gasteiger partial charge < -0.3 is 4.57 Å². The third-order valence-electron chi connectivity index (χ3n) is 3.23. The smallest absolute Gasteiger partial charge is 0.266 e. The number of hydrogen-bond acceptors (Lipinski definition) is 2. The topological polar surface area (TPSA) is 30.7 Å². The first kappa shape index (κ1) is 13.9. The zero-order valence-electron chi connectivity index (χ0n) is 11.2. The molecule has 0 amide bonds. The van der Waals surface area contributed by atoms with E-state index < -0.39 is 6.43 Å². The van der Waals surface area contributed by atoms with Gasteiger partial charge in [-0.2, -0.15) is 0 Å². The average molecular weight is 308 g/mol. The van der Waals surface area contributed by atoms with Gasteiger partial charge in [-0.25, -0.2) is 18.7 Å². The van der Waals surface area contributed by atoms with Crippen LogP contribution in [0.5, 0.6) is 0 Å². The fraction of sp³-hybridized carbons (Fsp3) is 0.200. The van der Waals surface area contributed by atoms with Crippen LogP contribution < -0.4 is 0 Å².